The largest absolute Gasteiger partial charge is 0.463 e. The Hall–Kier alpha value is -2.57. The first kappa shape index (κ1) is 22.6. The van der Waals surface area contributed by atoms with Gasteiger partial charge in [0.05, 0.1) is 12.8 Å². The lowest BCUT2D eigenvalue weighted by Gasteiger charge is -2.44. The molecule has 0 spiro atoms. The second-order valence-electron chi connectivity index (χ2n) is 9.98. The summed E-state index contributed by atoms with van der Waals surface area (Å²) in [6.45, 7) is 7.05. The average Bonchev–Trinajstić information content (AvgIpc) is 3.39. The summed E-state index contributed by atoms with van der Waals surface area (Å²) in [5.41, 5.74) is 0.150. The molecule has 174 valence electrons. The molecule has 1 aliphatic heterocycles. The van der Waals surface area contributed by atoms with Crippen molar-refractivity contribution in [2.24, 2.45) is 5.92 Å². The van der Waals surface area contributed by atoms with Gasteiger partial charge in [-0.05, 0) is 44.2 Å². The van der Waals surface area contributed by atoms with Gasteiger partial charge in [0.1, 0.15) is 16.9 Å². The highest BCUT2D eigenvalue weighted by atomic mass is 16.3. The van der Waals surface area contributed by atoms with Crippen LogP contribution in [-0.2, 0) is 11.3 Å². The number of furan rings is 1. The van der Waals surface area contributed by atoms with Crippen molar-refractivity contribution < 1.29 is 14.0 Å². The number of carbonyl (C=O) groups excluding carboxylic acids is 2. The molecular formula is C25H36N4O3. The molecule has 7 nitrogen and oxygen atoms in total. The van der Waals surface area contributed by atoms with Gasteiger partial charge in [-0.2, -0.15) is 5.10 Å². The number of hydrogen-bond acceptors (Lipinski definition) is 4. The molecule has 1 saturated carbocycles. The van der Waals surface area contributed by atoms with Gasteiger partial charge < -0.3 is 14.6 Å². The maximum Gasteiger partial charge on any atom is 0.273 e. The second kappa shape index (κ2) is 9.51. The Morgan fingerprint density at radius 2 is 1.97 bits per heavy atom. The normalized spacial score (nSPS) is 22.5. The van der Waals surface area contributed by atoms with E-state index in [1.54, 1.807) is 28.0 Å². The van der Waals surface area contributed by atoms with Crippen molar-refractivity contribution in [3.63, 3.8) is 0 Å². The minimum absolute atomic E-state index is 0.0686. The lowest BCUT2D eigenvalue weighted by molar-refractivity contribution is -0.134. The summed E-state index contributed by atoms with van der Waals surface area (Å²) in [5, 5.41) is 7.93. The Balaban J connectivity index is 1.61. The van der Waals surface area contributed by atoms with Crippen molar-refractivity contribution in [2.45, 2.75) is 90.3 Å². The zero-order valence-electron chi connectivity index (χ0n) is 19.6. The lowest BCUT2D eigenvalue weighted by atomic mass is 9.91. The molecule has 1 atom stereocenters. The highest BCUT2D eigenvalue weighted by Crippen LogP contribution is 2.31. The summed E-state index contributed by atoms with van der Waals surface area (Å²) in [7, 11) is 0. The van der Waals surface area contributed by atoms with E-state index in [1.165, 1.54) is 19.3 Å². The summed E-state index contributed by atoms with van der Waals surface area (Å²) in [6, 6.07) is 5.59. The molecule has 1 aliphatic carbocycles. The number of carbonyl (C=O) groups is 2. The van der Waals surface area contributed by atoms with E-state index in [1.807, 2.05) is 13.0 Å². The number of nitrogens with one attached hydrogen (secondary N) is 1. The third-order valence-electron chi connectivity index (χ3n) is 6.93. The van der Waals surface area contributed by atoms with Gasteiger partial charge in [-0.15, -0.1) is 0 Å². The molecule has 2 aromatic rings. The molecule has 0 aromatic carbocycles. The Kier molecular flexibility index (Phi) is 6.72. The zero-order valence-corrected chi connectivity index (χ0v) is 19.6. The molecule has 0 radical (unpaired) electrons. The van der Waals surface area contributed by atoms with Crippen molar-refractivity contribution in [3.8, 4) is 11.5 Å². The number of fused-ring (bicyclic) bond motifs is 1. The fourth-order valence-electron chi connectivity index (χ4n) is 4.86. The van der Waals surface area contributed by atoms with Crippen LogP contribution in [0.4, 0.5) is 0 Å². The molecule has 1 N–H and O–H groups in total. The van der Waals surface area contributed by atoms with E-state index in [0.717, 1.165) is 32.1 Å². The van der Waals surface area contributed by atoms with Crippen LogP contribution in [0.5, 0.6) is 0 Å². The van der Waals surface area contributed by atoms with Crippen LogP contribution in [0.1, 0.15) is 82.6 Å². The minimum Gasteiger partial charge on any atom is -0.463 e. The van der Waals surface area contributed by atoms with Crippen LogP contribution in [0.15, 0.2) is 28.9 Å². The lowest BCUT2D eigenvalue weighted by Crippen LogP contribution is -2.65. The zero-order chi connectivity index (χ0) is 22.7. The van der Waals surface area contributed by atoms with Crippen LogP contribution >= 0.6 is 0 Å². The number of rotatable bonds is 6. The summed E-state index contributed by atoms with van der Waals surface area (Å²) in [5.74, 6) is 0.846. The molecule has 2 aromatic heterocycles. The van der Waals surface area contributed by atoms with E-state index in [9.17, 15) is 9.59 Å². The first-order valence-electron chi connectivity index (χ1n) is 12.1. The molecule has 3 heterocycles. The maximum atomic E-state index is 13.7. The van der Waals surface area contributed by atoms with Gasteiger partial charge >= 0.3 is 0 Å². The van der Waals surface area contributed by atoms with E-state index in [2.05, 4.69) is 24.3 Å². The molecule has 4 rings (SSSR count). The van der Waals surface area contributed by atoms with Crippen LogP contribution in [-0.4, -0.2) is 44.6 Å². The van der Waals surface area contributed by atoms with Gasteiger partial charge in [-0.25, -0.2) is 0 Å². The summed E-state index contributed by atoms with van der Waals surface area (Å²) < 4.78 is 7.16. The number of amides is 2. The molecule has 0 bridgehead atoms. The number of aromatic nitrogens is 2. The maximum absolute atomic E-state index is 13.7. The van der Waals surface area contributed by atoms with E-state index >= 15 is 0 Å². The standard InChI is InChI=1S/C25H36N4O3/c1-18(2)13-14-28-23(30)21-16-20(22-12-9-15-32-22)27-29(21)17-25(28,3)24(31)26-19-10-7-5-4-6-8-11-19/h9,12,15-16,18-19H,4-8,10-11,13-14,17H2,1-3H3,(H,26,31). The molecule has 1 unspecified atom stereocenters. The van der Waals surface area contributed by atoms with Crippen molar-refractivity contribution >= 4 is 11.8 Å². The van der Waals surface area contributed by atoms with Gasteiger partial charge in [-0.1, -0.05) is 46.0 Å². The van der Waals surface area contributed by atoms with Crippen molar-refractivity contribution in [1.29, 1.82) is 0 Å². The average molecular weight is 441 g/mol. The van der Waals surface area contributed by atoms with Crippen LogP contribution in [0.25, 0.3) is 11.5 Å². The molecule has 1 fully saturated rings. The fraction of sp³-hybridized carbons (Fsp3) is 0.640. The monoisotopic (exact) mass is 440 g/mol. The topological polar surface area (TPSA) is 80.4 Å². The quantitative estimate of drug-likeness (QED) is 0.710. The molecule has 2 amide bonds. The van der Waals surface area contributed by atoms with Gasteiger partial charge in [0.15, 0.2) is 5.76 Å². The summed E-state index contributed by atoms with van der Waals surface area (Å²) in [6.07, 6.45) is 10.5. The number of hydrogen-bond donors (Lipinski definition) is 1. The Morgan fingerprint density at radius 3 is 2.62 bits per heavy atom. The van der Waals surface area contributed by atoms with Crippen LogP contribution in [0, 0.1) is 5.92 Å². The van der Waals surface area contributed by atoms with Crippen molar-refractivity contribution in [2.75, 3.05) is 6.54 Å². The molecular weight excluding hydrogens is 404 g/mol. The van der Waals surface area contributed by atoms with Crippen molar-refractivity contribution in [1.82, 2.24) is 20.0 Å². The van der Waals surface area contributed by atoms with Crippen LogP contribution in [0.3, 0.4) is 0 Å². The van der Waals surface area contributed by atoms with Gasteiger partial charge in [0, 0.05) is 18.7 Å². The van der Waals surface area contributed by atoms with E-state index < -0.39 is 5.54 Å². The molecule has 7 heteroatoms. The minimum atomic E-state index is -0.978. The smallest absolute Gasteiger partial charge is 0.273 e. The van der Waals surface area contributed by atoms with Crippen LogP contribution < -0.4 is 5.32 Å². The van der Waals surface area contributed by atoms with Gasteiger partial charge in [0.2, 0.25) is 5.91 Å². The Bertz CT molecular complexity index is 925. The van der Waals surface area contributed by atoms with Gasteiger partial charge in [-0.3, -0.25) is 14.3 Å². The molecule has 32 heavy (non-hydrogen) atoms. The Morgan fingerprint density at radius 1 is 1.25 bits per heavy atom. The SMILES string of the molecule is CC(C)CCN1C(=O)c2cc(-c3ccco3)nn2CC1(C)C(=O)NC1CCCCCCC1. The summed E-state index contributed by atoms with van der Waals surface area (Å²) in [4.78, 5) is 29.0. The van der Waals surface area contributed by atoms with E-state index in [-0.39, 0.29) is 17.9 Å². The second-order valence-corrected chi connectivity index (χ2v) is 9.98. The molecule has 0 saturated heterocycles. The van der Waals surface area contributed by atoms with Crippen LogP contribution in [0.2, 0.25) is 0 Å². The van der Waals surface area contributed by atoms with Crippen molar-refractivity contribution in [3.05, 3.63) is 30.2 Å². The molecule has 2 aliphatic rings. The highest BCUT2D eigenvalue weighted by Gasteiger charge is 2.48. The first-order valence-corrected chi connectivity index (χ1v) is 12.1. The fourth-order valence-corrected chi connectivity index (χ4v) is 4.86. The summed E-state index contributed by atoms with van der Waals surface area (Å²) >= 11 is 0. The highest BCUT2D eigenvalue weighted by molar-refractivity contribution is 6.00. The van der Waals surface area contributed by atoms with E-state index in [4.69, 9.17) is 4.42 Å². The number of nitrogens with zero attached hydrogens (tertiary/aromatic N) is 3. The third kappa shape index (κ3) is 4.62. The Labute approximate surface area is 190 Å². The van der Waals surface area contributed by atoms with E-state index in [0.29, 0.717) is 36.2 Å². The first-order chi connectivity index (χ1) is 15.4. The predicted octanol–water partition coefficient (Wildman–Crippen LogP) is 4.63. The predicted molar refractivity (Wildman–Crippen MR) is 123 cm³/mol. The van der Waals surface area contributed by atoms with Gasteiger partial charge in [0.25, 0.3) is 5.91 Å². The third-order valence-corrected chi connectivity index (χ3v) is 6.93.